The summed E-state index contributed by atoms with van der Waals surface area (Å²) in [6.07, 6.45) is 2.26. The van der Waals surface area contributed by atoms with Crippen molar-refractivity contribution in [3.05, 3.63) is 101 Å². The number of ketones is 1. The number of hydrogen-bond donors (Lipinski definition) is 3. The first-order valence-corrected chi connectivity index (χ1v) is 16.6. The molecule has 0 amide bonds. The number of carboxylic acids is 1. The molecule has 0 aromatic heterocycles. The number of halogens is 1. The Hall–Kier alpha value is -5.07. The normalized spacial score (nSPS) is 13.7. The zero-order chi connectivity index (χ0) is 38.6. The summed E-state index contributed by atoms with van der Waals surface area (Å²) in [7, 11) is 0. The topological polar surface area (TPSA) is 174 Å². The van der Waals surface area contributed by atoms with Crippen molar-refractivity contribution in [2.75, 3.05) is 0 Å². The Morgan fingerprint density at radius 1 is 0.627 bits per heavy atom. The number of ether oxygens (including phenoxy) is 3. The molecule has 3 N–H and O–H groups in total. The fourth-order valence-electron chi connectivity index (χ4n) is 6.28. The van der Waals surface area contributed by atoms with Crippen molar-refractivity contribution in [2.24, 2.45) is 0 Å². The van der Waals surface area contributed by atoms with Gasteiger partial charge in [-0.05, 0) is 172 Å². The number of aromatic hydroxyl groups is 1. The predicted octanol–water partition coefficient (Wildman–Crippen LogP) is 7.18. The van der Waals surface area contributed by atoms with E-state index >= 15 is 0 Å². The predicted molar refractivity (Wildman–Crippen MR) is 191 cm³/mol. The summed E-state index contributed by atoms with van der Waals surface area (Å²) in [4.78, 5) is 64.2. The lowest BCUT2D eigenvalue weighted by Crippen LogP contribution is -2.46. The summed E-state index contributed by atoms with van der Waals surface area (Å²) < 4.78 is 17.1. The van der Waals surface area contributed by atoms with Crippen molar-refractivity contribution in [2.45, 2.75) is 81.8 Å². The molecule has 0 saturated heterocycles. The lowest BCUT2D eigenvalue weighted by molar-refractivity contribution is -0.148. The standard InChI is InChI=1S/C39H39BrO11/c1-15-12-27(18(4)19(5)28(15)36(45)50-33-23(9)20(6)29(35(43)44)21(7)24(33)10)49-37(46)30-22(8)25(11)34(31(40)32(30)42)51-38(47)39(48)16(2)13-26(41)14-17(39)3/h12-14,42,48H,1-11H3,(H,43,44). The van der Waals surface area contributed by atoms with Crippen LogP contribution in [-0.4, -0.2) is 50.6 Å². The van der Waals surface area contributed by atoms with E-state index < -0.39 is 35.2 Å². The van der Waals surface area contributed by atoms with Crippen molar-refractivity contribution in [3.63, 3.8) is 0 Å². The van der Waals surface area contributed by atoms with E-state index in [1.165, 1.54) is 26.8 Å². The molecule has 0 atom stereocenters. The van der Waals surface area contributed by atoms with Gasteiger partial charge in [-0.15, -0.1) is 0 Å². The molecule has 0 radical (unpaired) electrons. The Morgan fingerprint density at radius 3 is 1.59 bits per heavy atom. The molecular weight excluding hydrogens is 724 g/mol. The van der Waals surface area contributed by atoms with Crippen LogP contribution in [0.25, 0.3) is 0 Å². The minimum atomic E-state index is -2.22. The van der Waals surface area contributed by atoms with Gasteiger partial charge in [0, 0.05) is 0 Å². The summed E-state index contributed by atoms with van der Waals surface area (Å²) in [6, 6.07) is 1.51. The molecule has 0 bridgehead atoms. The second-order valence-electron chi connectivity index (χ2n) is 12.9. The summed E-state index contributed by atoms with van der Waals surface area (Å²) in [5, 5.41) is 32.0. The molecule has 1 aliphatic rings. The molecule has 0 aliphatic heterocycles. The van der Waals surface area contributed by atoms with Crippen LogP contribution < -0.4 is 14.2 Å². The first kappa shape index (κ1) is 38.7. The van der Waals surface area contributed by atoms with Crippen molar-refractivity contribution in [1.82, 2.24) is 0 Å². The lowest BCUT2D eigenvalue weighted by atomic mass is 9.82. The van der Waals surface area contributed by atoms with Gasteiger partial charge in [0.1, 0.15) is 27.3 Å². The van der Waals surface area contributed by atoms with Crippen molar-refractivity contribution < 1.29 is 53.5 Å². The highest BCUT2D eigenvalue weighted by Crippen LogP contribution is 2.44. The second-order valence-corrected chi connectivity index (χ2v) is 13.7. The van der Waals surface area contributed by atoms with Gasteiger partial charge in [0.25, 0.3) is 0 Å². The molecule has 3 aromatic carbocycles. The number of aryl methyl sites for hydroxylation is 1. The fraction of sp³-hybridized carbons (Fsp3) is 0.308. The van der Waals surface area contributed by atoms with E-state index in [1.54, 1.807) is 55.4 Å². The molecule has 51 heavy (non-hydrogen) atoms. The van der Waals surface area contributed by atoms with Crippen LogP contribution in [0.4, 0.5) is 0 Å². The number of esters is 3. The maximum absolute atomic E-state index is 13.6. The van der Waals surface area contributed by atoms with Crippen molar-refractivity contribution in [3.8, 4) is 23.0 Å². The second kappa shape index (κ2) is 13.9. The first-order chi connectivity index (χ1) is 23.6. The fourth-order valence-corrected chi connectivity index (χ4v) is 6.85. The van der Waals surface area contributed by atoms with Gasteiger partial charge in [-0.2, -0.15) is 0 Å². The number of hydrogen-bond acceptors (Lipinski definition) is 10. The summed E-state index contributed by atoms with van der Waals surface area (Å²) >= 11 is 3.22. The molecule has 268 valence electrons. The monoisotopic (exact) mass is 762 g/mol. The number of carbonyl (C=O) groups excluding carboxylic acids is 4. The van der Waals surface area contributed by atoms with Gasteiger partial charge >= 0.3 is 23.9 Å². The highest BCUT2D eigenvalue weighted by atomic mass is 79.9. The smallest absolute Gasteiger partial charge is 0.352 e. The maximum Gasteiger partial charge on any atom is 0.352 e. The van der Waals surface area contributed by atoms with Crippen molar-refractivity contribution >= 4 is 45.6 Å². The molecule has 11 nitrogen and oxygen atoms in total. The average molecular weight is 764 g/mol. The first-order valence-electron chi connectivity index (χ1n) is 15.8. The molecule has 0 fully saturated rings. The number of carboxylic acid groups (broad SMARTS) is 1. The third-order valence-electron chi connectivity index (χ3n) is 9.90. The van der Waals surface area contributed by atoms with Crippen LogP contribution in [0.3, 0.4) is 0 Å². The van der Waals surface area contributed by atoms with Crippen LogP contribution in [0.5, 0.6) is 23.0 Å². The molecule has 0 heterocycles. The molecule has 0 unspecified atom stereocenters. The summed E-state index contributed by atoms with van der Waals surface area (Å²) in [6.45, 7) is 17.6. The minimum absolute atomic E-state index is 0.0671. The van der Waals surface area contributed by atoms with E-state index in [9.17, 15) is 39.3 Å². The number of aromatic carboxylic acids is 1. The number of phenolic OH excluding ortho intramolecular Hbond substituents is 1. The largest absolute Gasteiger partial charge is 0.506 e. The van der Waals surface area contributed by atoms with Crippen LogP contribution in [0.15, 0.2) is 33.8 Å². The van der Waals surface area contributed by atoms with E-state index in [-0.39, 0.29) is 66.5 Å². The van der Waals surface area contributed by atoms with E-state index in [4.69, 9.17) is 14.2 Å². The molecular formula is C39H39BrO11. The van der Waals surface area contributed by atoms with E-state index in [0.29, 0.717) is 38.9 Å². The third kappa shape index (κ3) is 6.49. The van der Waals surface area contributed by atoms with Gasteiger partial charge in [-0.1, -0.05) is 0 Å². The summed E-state index contributed by atoms with van der Waals surface area (Å²) in [5.41, 5.74) is 2.02. The molecule has 0 spiro atoms. The number of benzene rings is 3. The van der Waals surface area contributed by atoms with Crippen LogP contribution >= 0.6 is 15.9 Å². The zero-order valence-corrected chi connectivity index (χ0v) is 31.8. The highest BCUT2D eigenvalue weighted by Gasteiger charge is 2.45. The third-order valence-corrected chi connectivity index (χ3v) is 10.6. The highest BCUT2D eigenvalue weighted by molar-refractivity contribution is 9.10. The van der Waals surface area contributed by atoms with Gasteiger partial charge in [0.05, 0.1) is 11.1 Å². The van der Waals surface area contributed by atoms with Gasteiger partial charge < -0.3 is 29.5 Å². The Labute approximate surface area is 303 Å². The number of allylic oxidation sites excluding steroid dienone is 2. The van der Waals surface area contributed by atoms with Gasteiger partial charge in [-0.3, -0.25) is 4.79 Å². The summed E-state index contributed by atoms with van der Waals surface area (Å²) in [5.74, 6) is -4.48. The number of aliphatic hydroxyl groups is 1. The van der Waals surface area contributed by atoms with E-state index in [2.05, 4.69) is 15.9 Å². The Balaban J connectivity index is 1.66. The van der Waals surface area contributed by atoms with E-state index in [1.807, 2.05) is 0 Å². The van der Waals surface area contributed by atoms with Crippen LogP contribution in [-0.2, 0) is 9.59 Å². The quantitative estimate of drug-likeness (QED) is 0.164. The van der Waals surface area contributed by atoms with Crippen LogP contribution in [0.1, 0.15) is 95.0 Å². The van der Waals surface area contributed by atoms with Crippen LogP contribution in [0.2, 0.25) is 0 Å². The number of carbonyl (C=O) groups is 5. The van der Waals surface area contributed by atoms with Gasteiger partial charge in [0.2, 0.25) is 5.60 Å². The lowest BCUT2D eigenvalue weighted by Gasteiger charge is -2.30. The number of phenols is 1. The molecule has 1 aliphatic carbocycles. The zero-order valence-electron chi connectivity index (χ0n) is 30.2. The van der Waals surface area contributed by atoms with Gasteiger partial charge in [-0.25, -0.2) is 19.2 Å². The Bertz CT molecular complexity index is 2090. The van der Waals surface area contributed by atoms with Crippen LogP contribution in [0, 0.1) is 62.3 Å². The average Bonchev–Trinajstić information content (AvgIpc) is 3.04. The Kier molecular flexibility index (Phi) is 10.6. The van der Waals surface area contributed by atoms with Crippen molar-refractivity contribution in [1.29, 1.82) is 0 Å². The van der Waals surface area contributed by atoms with E-state index in [0.717, 1.165) is 12.2 Å². The molecule has 12 heteroatoms. The molecule has 0 saturated carbocycles. The Morgan fingerprint density at radius 2 is 1.08 bits per heavy atom. The maximum atomic E-state index is 13.6. The SMILES string of the molecule is CC1=CC(=O)C=C(C)C1(O)C(=O)Oc1c(C)c(C)c(C(=O)Oc2cc(C)c(C(=O)Oc3c(C)c(C)c(C(=O)O)c(C)c3C)c(C)c2C)c(O)c1Br. The minimum Gasteiger partial charge on any atom is -0.506 e. The molecule has 3 aromatic rings. The number of rotatable bonds is 7. The van der Waals surface area contributed by atoms with Gasteiger partial charge in [0.15, 0.2) is 11.5 Å². The molecule has 4 rings (SSSR count).